The van der Waals surface area contributed by atoms with Crippen molar-refractivity contribution in [1.82, 2.24) is 15.1 Å². The molecule has 0 fully saturated rings. The Kier molecular flexibility index (Phi) is 4.40. The van der Waals surface area contributed by atoms with E-state index in [1.54, 1.807) is 0 Å². The van der Waals surface area contributed by atoms with E-state index in [0.29, 0.717) is 12.8 Å². The van der Waals surface area contributed by atoms with Crippen LogP contribution in [0.5, 0.6) is 0 Å². The molecule has 1 heterocycles. The first kappa shape index (κ1) is 16.0. The maximum atomic E-state index is 10.6. The van der Waals surface area contributed by atoms with Crippen molar-refractivity contribution in [3.63, 3.8) is 0 Å². The van der Waals surface area contributed by atoms with E-state index in [-0.39, 0.29) is 5.54 Å². The number of hydrogen-bond acceptors (Lipinski definition) is 3. The van der Waals surface area contributed by atoms with Crippen LogP contribution in [0.15, 0.2) is 24.3 Å². The molecule has 1 atom stereocenters. The van der Waals surface area contributed by atoms with Crippen LogP contribution in [0.25, 0.3) is 10.9 Å². The van der Waals surface area contributed by atoms with Gasteiger partial charge in [-0.3, -0.25) is 4.68 Å². The van der Waals surface area contributed by atoms with Crippen molar-refractivity contribution in [2.45, 2.75) is 51.7 Å². The van der Waals surface area contributed by atoms with Crippen LogP contribution in [0.2, 0.25) is 0 Å². The van der Waals surface area contributed by atoms with E-state index < -0.39 is 5.60 Å². The Hall–Kier alpha value is -1.39. The molecule has 0 aliphatic rings. The second kappa shape index (κ2) is 5.78. The van der Waals surface area contributed by atoms with Crippen LogP contribution in [0, 0.1) is 0 Å². The van der Waals surface area contributed by atoms with Crippen molar-refractivity contribution >= 4 is 10.9 Å². The summed E-state index contributed by atoms with van der Waals surface area (Å²) < 4.78 is 1.88. The Morgan fingerprint density at radius 1 is 1.19 bits per heavy atom. The van der Waals surface area contributed by atoms with Crippen LogP contribution in [0.1, 0.15) is 39.8 Å². The maximum absolute atomic E-state index is 10.6. The lowest BCUT2D eigenvalue weighted by Gasteiger charge is -2.26. The molecular weight excluding hydrogens is 262 g/mol. The summed E-state index contributed by atoms with van der Waals surface area (Å²) in [6.45, 7) is 9.08. The smallest absolute Gasteiger partial charge is 0.0731 e. The third-order valence-electron chi connectivity index (χ3n) is 3.70. The summed E-state index contributed by atoms with van der Waals surface area (Å²) in [7, 11) is 1.95. The van der Waals surface area contributed by atoms with Crippen molar-refractivity contribution in [2.24, 2.45) is 7.05 Å². The van der Waals surface area contributed by atoms with Gasteiger partial charge >= 0.3 is 0 Å². The van der Waals surface area contributed by atoms with Crippen LogP contribution in [0.4, 0.5) is 0 Å². The molecule has 2 rings (SSSR count). The Bertz CT molecular complexity index is 608. The van der Waals surface area contributed by atoms with Crippen LogP contribution < -0.4 is 5.32 Å². The van der Waals surface area contributed by atoms with E-state index in [1.807, 2.05) is 30.8 Å². The summed E-state index contributed by atoms with van der Waals surface area (Å²) in [5, 5.41) is 19.8. The summed E-state index contributed by atoms with van der Waals surface area (Å²) in [5.74, 6) is 0. The summed E-state index contributed by atoms with van der Waals surface area (Å²) in [6.07, 6.45) is 1.27. The molecule has 1 aromatic heterocycles. The third-order valence-corrected chi connectivity index (χ3v) is 3.70. The average Bonchev–Trinajstić information content (AvgIpc) is 2.64. The second-order valence-electron chi connectivity index (χ2n) is 7.19. The lowest BCUT2D eigenvalue weighted by Crippen LogP contribution is -2.40. The first-order valence-electron chi connectivity index (χ1n) is 7.56. The highest BCUT2D eigenvalue weighted by molar-refractivity contribution is 5.81. The van der Waals surface area contributed by atoms with Crippen molar-refractivity contribution < 1.29 is 5.11 Å². The van der Waals surface area contributed by atoms with Gasteiger partial charge in [-0.05, 0) is 46.7 Å². The van der Waals surface area contributed by atoms with Gasteiger partial charge in [-0.1, -0.05) is 18.2 Å². The predicted molar refractivity (Wildman–Crippen MR) is 87.4 cm³/mol. The van der Waals surface area contributed by atoms with Crippen LogP contribution in [0.3, 0.4) is 0 Å². The largest absolute Gasteiger partial charge is 0.390 e. The van der Waals surface area contributed by atoms with Crippen LogP contribution in [-0.2, 0) is 13.5 Å². The minimum atomic E-state index is -0.755. The van der Waals surface area contributed by atoms with Crippen molar-refractivity contribution in [1.29, 1.82) is 0 Å². The minimum Gasteiger partial charge on any atom is -0.390 e. The molecule has 4 heteroatoms. The molecule has 0 bridgehead atoms. The molecule has 4 nitrogen and oxygen atoms in total. The Labute approximate surface area is 127 Å². The molecule has 0 saturated heterocycles. The Morgan fingerprint density at radius 3 is 2.52 bits per heavy atom. The SMILES string of the molecule is Cn1nc(CC(C)(O)CCNC(C)(C)C)c2ccccc21. The summed E-state index contributed by atoms with van der Waals surface area (Å²) in [5.41, 5.74) is 1.40. The van der Waals surface area contributed by atoms with E-state index in [1.165, 1.54) is 0 Å². The lowest BCUT2D eigenvalue weighted by molar-refractivity contribution is 0.0492. The number of aliphatic hydroxyl groups is 1. The first-order chi connectivity index (χ1) is 9.68. The van der Waals surface area contributed by atoms with Gasteiger partial charge in [0.15, 0.2) is 0 Å². The van der Waals surface area contributed by atoms with Crippen molar-refractivity contribution in [3.05, 3.63) is 30.0 Å². The molecule has 0 amide bonds. The molecule has 116 valence electrons. The molecule has 21 heavy (non-hydrogen) atoms. The number of aromatic nitrogens is 2. The molecule has 1 unspecified atom stereocenters. The lowest BCUT2D eigenvalue weighted by atomic mass is 9.94. The quantitative estimate of drug-likeness (QED) is 0.889. The van der Waals surface area contributed by atoms with Gasteiger partial charge in [-0.25, -0.2) is 0 Å². The van der Waals surface area contributed by atoms with Gasteiger partial charge < -0.3 is 10.4 Å². The fourth-order valence-corrected chi connectivity index (χ4v) is 2.58. The monoisotopic (exact) mass is 289 g/mol. The van der Waals surface area contributed by atoms with Gasteiger partial charge in [0, 0.05) is 24.4 Å². The second-order valence-corrected chi connectivity index (χ2v) is 7.19. The Morgan fingerprint density at radius 2 is 1.86 bits per heavy atom. The van der Waals surface area contributed by atoms with Crippen molar-refractivity contribution in [3.8, 4) is 0 Å². The molecule has 2 aromatic rings. The van der Waals surface area contributed by atoms with E-state index in [0.717, 1.165) is 23.1 Å². The van der Waals surface area contributed by atoms with Gasteiger partial charge in [-0.2, -0.15) is 5.10 Å². The number of aryl methyl sites for hydroxylation is 1. The van der Waals surface area contributed by atoms with Crippen LogP contribution >= 0.6 is 0 Å². The molecule has 0 aliphatic heterocycles. The highest BCUT2D eigenvalue weighted by atomic mass is 16.3. The third kappa shape index (κ3) is 4.29. The molecule has 1 aromatic carbocycles. The molecule has 2 N–H and O–H groups in total. The van der Waals surface area contributed by atoms with Crippen molar-refractivity contribution in [2.75, 3.05) is 6.54 Å². The number of benzene rings is 1. The summed E-state index contributed by atoms with van der Waals surface area (Å²) in [6, 6.07) is 8.16. The zero-order valence-electron chi connectivity index (χ0n) is 13.8. The number of fused-ring (bicyclic) bond motifs is 1. The maximum Gasteiger partial charge on any atom is 0.0731 e. The zero-order chi connectivity index (χ0) is 15.7. The highest BCUT2D eigenvalue weighted by Gasteiger charge is 2.24. The molecule has 0 aliphatic carbocycles. The number of para-hydroxylation sites is 1. The van der Waals surface area contributed by atoms with E-state index >= 15 is 0 Å². The van der Waals surface area contributed by atoms with Gasteiger partial charge in [-0.15, -0.1) is 0 Å². The Balaban J connectivity index is 2.08. The number of nitrogens with zero attached hydrogens (tertiary/aromatic N) is 2. The number of nitrogens with one attached hydrogen (secondary N) is 1. The minimum absolute atomic E-state index is 0.0772. The summed E-state index contributed by atoms with van der Waals surface area (Å²) in [4.78, 5) is 0. The van der Waals surface area contributed by atoms with Gasteiger partial charge in [0.05, 0.1) is 16.8 Å². The number of rotatable bonds is 5. The van der Waals surface area contributed by atoms with Gasteiger partial charge in [0.2, 0.25) is 0 Å². The zero-order valence-corrected chi connectivity index (χ0v) is 13.8. The topological polar surface area (TPSA) is 50.1 Å². The normalized spacial score (nSPS) is 15.3. The fourth-order valence-electron chi connectivity index (χ4n) is 2.58. The molecular formula is C17H27N3O. The van der Waals surface area contributed by atoms with Gasteiger partial charge in [0.25, 0.3) is 0 Å². The number of hydrogen-bond donors (Lipinski definition) is 2. The van der Waals surface area contributed by atoms with Crippen LogP contribution in [-0.4, -0.2) is 32.6 Å². The predicted octanol–water partition coefficient (Wildman–Crippen LogP) is 2.65. The molecule has 0 spiro atoms. The average molecular weight is 289 g/mol. The highest BCUT2D eigenvalue weighted by Crippen LogP contribution is 2.23. The fraction of sp³-hybridized carbons (Fsp3) is 0.588. The van der Waals surface area contributed by atoms with E-state index in [2.05, 4.69) is 43.3 Å². The molecule has 0 radical (unpaired) electrons. The van der Waals surface area contributed by atoms with E-state index in [4.69, 9.17) is 0 Å². The molecule has 0 saturated carbocycles. The van der Waals surface area contributed by atoms with E-state index in [9.17, 15) is 5.11 Å². The first-order valence-corrected chi connectivity index (χ1v) is 7.56. The van der Waals surface area contributed by atoms with Gasteiger partial charge in [0.1, 0.15) is 0 Å². The summed E-state index contributed by atoms with van der Waals surface area (Å²) >= 11 is 0. The standard InChI is InChI=1S/C17H27N3O/c1-16(2,3)18-11-10-17(4,21)12-14-13-8-6-7-9-15(13)20(5)19-14/h6-9,18,21H,10-12H2,1-5H3.